The van der Waals surface area contributed by atoms with E-state index in [1.54, 1.807) is 13.2 Å². The summed E-state index contributed by atoms with van der Waals surface area (Å²) in [6, 6.07) is 5.74. The molecule has 0 aromatic heterocycles. The topological polar surface area (TPSA) is 46.1 Å². The summed E-state index contributed by atoms with van der Waals surface area (Å²) in [7, 11) is 5.31. The van der Waals surface area contributed by atoms with Gasteiger partial charge in [-0.15, -0.1) is 0 Å². The highest BCUT2D eigenvalue weighted by Gasteiger charge is 2.29. The smallest absolute Gasteiger partial charge is 0.165 e. The van der Waals surface area contributed by atoms with Crippen LogP contribution in [0.3, 0.4) is 0 Å². The zero-order valence-electron chi connectivity index (χ0n) is 18.1. The van der Waals surface area contributed by atoms with Crippen LogP contribution in [0.2, 0.25) is 0 Å². The van der Waals surface area contributed by atoms with Crippen molar-refractivity contribution in [2.24, 2.45) is 10.9 Å². The molecule has 29 heavy (non-hydrogen) atoms. The summed E-state index contributed by atoms with van der Waals surface area (Å²) in [6.07, 6.45) is 7.70. The summed E-state index contributed by atoms with van der Waals surface area (Å²) in [5, 5.41) is 3.72. The van der Waals surface area contributed by atoms with Gasteiger partial charge in [0.15, 0.2) is 11.6 Å². The molecule has 6 heteroatoms. The van der Waals surface area contributed by atoms with E-state index in [1.807, 2.05) is 6.07 Å². The molecule has 1 N–H and O–H groups in total. The van der Waals surface area contributed by atoms with Crippen LogP contribution in [-0.4, -0.2) is 51.2 Å². The quantitative estimate of drug-likeness (QED) is 0.703. The molecule has 0 radical (unpaired) electrons. The Morgan fingerprint density at radius 3 is 2.79 bits per heavy atom. The molecule has 0 saturated heterocycles. The normalized spacial score (nSPS) is 22.8. The minimum Gasteiger partial charge on any atom is -0.494 e. The highest BCUT2D eigenvalue weighted by molar-refractivity contribution is 5.83. The highest BCUT2D eigenvalue weighted by atomic mass is 19.1. The molecule has 1 fully saturated rings. The Kier molecular flexibility index (Phi) is 7.67. The number of ether oxygens (including phenoxy) is 2. The predicted molar refractivity (Wildman–Crippen MR) is 115 cm³/mol. The number of aliphatic imine (C=N–C) groups is 1. The maximum atomic E-state index is 13.7. The van der Waals surface area contributed by atoms with Crippen molar-refractivity contribution >= 4 is 5.84 Å². The third-order valence-electron chi connectivity index (χ3n) is 6.21. The van der Waals surface area contributed by atoms with Crippen LogP contribution in [0.1, 0.15) is 50.6 Å². The van der Waals surface area contributed by atoms with E-state index in [1.165, 1.54) is 25.2 Å². The number of benzene rings is 1. The Morgan fingerprint density at radius 2 is 2.10 bits per heavy atom. The number of amidine groups is 1. The number of likely N-dealkylation sites (N-methyl/N-ethyl adjacent to an activating group) is 1. The lowest BCUT2D eigenvalue weighted by molar-refractivity contribution is 0.182. The molecule has 1 saturated carbocycles. The molecule has 1 aliphatic heterocycles. The fourth-order valence-electron chi connectivity index (χ4n) is 4.36. The summed E-state index contributed by atoms with van der Waals surface area (Å²) in [5.74, 6) is 1.74. The summed E-state index contributed by atoms with van der Waals surface area (Å²) in [4.78, 5) is 6.91. The third kappa shape index (κ3) is 5.58. The number of halogens is 1. The molecule has 0 unspecified atom stereocenters. The first-order valence-corrected chi connectivity index (χ1v) is 10.6. The lowest BCUT2D eigenvalue weighted by atomic mass is 9.92. The minimum atomic E-state index is -0.318. The Bertz CT molecular complexity index is 750. The largest absolute Gasteiger partial charge is 0.494 e. The van der Waals surface area contributed by atoms with E-state index in [0.717, 1.165) is 50.2 Å². The fourth-order valence-corrected chi connectivity index (χ4v) is 4.36. The lowest BCUT2D eigenvalue weighted by Gasteiger charge is -2.25. The summed E-state index contributed by atoms with van der Waals surface area (Å²) < 4.78 is 23.9. The van der Waals surface area contributed by atoms with Crippen molar-refractivity contribution in [3.63, 3.8) is 0 Å². The molecule has 3 atom stereocenters. The highest BCUT2D eigenvalue weighted by Crippen LogP contribution is 2.36. The molecule has 0 amide bonds. The standard InChI is InChI=1S/C23H34FN3O2/c1-16(17-6-9-21(24)22(14-17)29-4)26-20-8-5-18(13-20)19-7-10-23(25-15-19)27(2)11-12-28-3/h6,9,14-16,18,20,26H,5,7-8,10-13H2,1-4H3/t16-,18-,20+/m1/s1. The van der Waals surface area contributed by atoms with Crippen molar-refractivity contribution in [3.05, 3.63) is 41.4 Å². The summed E-state index contributed by atoms with van der Waals surface area (Å²) >= 11 is 0. The molecular formula is C23H34FN3O2. The van der Waals surface area contributed by atoms with Crippen LogP contribution in [-0.2, 0) is 4.74 Å². The number of nitrogens with one attached hydrogen (secondary N) is 1. The van der Waals surface area contributed by atoms with Crippen molar-refractivity contribution in [1.82, 2.24) is 10.2 Å². The Morgan fingerprint density at radius 1 is 1.28 bits per heavy atom. The van der Waals surface area contributed by atoms with E-state index in [9.17, 15) is 4.39 Å². The molecule has 5 nitrogen and oxygen atoms in total. The average molecular weight is 404 g/mol. The number of rotatable bonds is 8. The monoisotopic (exact) mass is 403 g/mol. The van der Waals surface area contributed by atoms with Crippen molar-refractivity contribution in [2.45, 2.75) is 51.1 Å². The van der Waals surface area contributed by atoms with Crippen molar-refractivity contribution in [3.8, 4) is 5.75 Å². The van der Waals surface area contributed by atoms with Gasteiger partial charge >= 0.3 is 0 Å². The van der Waals surface area contributed by atoms with Crippen molar-refractivity contribution < 1.29 is 13.9 Å². The SMILES string of the molecule is COCCN(C)C1=NC=C([C@@H]2CC[C@H](N[C@H](C)c3ccc(F)c(OC)c3)C2)CC1. The van der Waals surface area contributed by atoms with E-state index < -0.39 is 0 Å². The van der Waals surface area contributed by atoms with Crippen molar-refractivity contribution in [1.29, 1.82) is 0 Å². The van der Waals surface area contributed by atoms with E-state index in [-0.39, 0.29) is 11.9 Å². The number of allylic oxidation sites excluding steroid dienone is 1. The van der Waals surface area contributed by atoms with Gasteiger partial charge in [-0.1, -0.05) is 6.07 Å². The number of hydrogen-bond donors (Lipinski definition) is 1. The Balaban J connectivity index is 1.54. The van der Waals surface area contributed by atoms with Crippen LogP contribution in [0, 0.1) is 11.7 Å². The number of methoxy groups -OCH3 is 2. The van der Waals surface area contributed by atoms with Gasteiger partial charge < -0.3 is 19.7 Å². The first-order valence-electron chi connectivity index (χ1n) is 10.6. The van der Waals surface area contributed by atoms with Gasteiger partial charge in [0.1, 0.15) is 5.84 Å². The van der Waals surface area contributed by atoms with Gasteiger partial charge in [-0.25, -0.2) is 9.38 Å². The average Bonchev–Trinajstić information content (AvgIpc) is 3.20. The summed E-state index contributed by atoms with van der Waals surface area (Å²) in [6.45, 7) is 3.73. The van der Waals surface area contributed by atoms with Crippen LogP contribution >= 0.6 is 0 Å². The van der Waals surface area contributed by atoms with E-state index >= 15 is 0 Å². The van der Waals surface area contributed by atoms with Gasteiger partial charge in [-0.3, -0.25) is 0 Å². The predicted octanol–water partition coefficient (Wildman–Crippen LogP) is 4.31. The molecule has 1 aromatic rings. The molecule has 1 aromatic carbocycles. The van der Waals surface area contributed by atoms with Crippen LogP contribution in [0.25, 0.3) is 0 Å². The number of hydrogen-bond acceptors (Lipinski definition) is 5. The van der Waals surface area contributed by atoms with Crippen molar-refractivity contribution in [2.75, 3.05) is 34.4 Å². The first kappa shape index (κ1) is 21.8. The third-order valence-corrected chi connectivity index (χ3v) is 6.21. The molecule has 1 heterocycles. The second-order valence-electron chi connectivity index (χ2n) is 8.15. The van der Waals surface area contributed by atoms with Gasteiger partial charge in [-0.2, -0.15) is 0 Å². The first-order chi connectivity index (χ1) is 14.0. The zero-order chi connectivity index (χ0) is 20.8. The van der Waals surface area contributed by atoms with Crippen LogP contribution in [0.15, 0.2) is 35.0 Å². The Labute approximate surface area is 174 Å². The van der Waals surface area contributed by atoms with Crippen LogP contribution in [0.4, 0.5) is 4.39 Å². The van der Waals surface area contributed by atoms with Gasteiger partial charge in [0.25, 0.3) is 0 Å². The zero-order valence-corrected chi connectivity index (χ0v) is 18.1. The molecule has 3 rings (SSSR count). The molecule has 160 valence electrons. The fraction of sp³-hybridized carbons (Fsp3) is 0.609. The van der Waals surface area contributed by atoms with E-state index in [0.29, 0.717) is 17.7 Å². The Hall–Kier alpha value is -1.92. The van der Waals surface area contributed by atoms with E-state index in [2.05, 4.69) is 30.4 Å². The molecule has 0 bridgehead atoms. The van der Waals surface area contributed by atoms with Gasteiger partial charge in [-0.05, 0) is 61.8 Å². The molecule has 0 spiro atoms. The minimum absolute atomic E-state index is 0.160. The van der Waals surface area contributed by atoms with Crippen LogP contribution in [0.5, 0.6) is 5.75 Å². The maximum Gasteiger partial charge on any atom is 0.165 e. The van der Waals surface area contributed by atoms with Crippen LogP contribution < -0.4 is 10.1 Å². The maximum absolute atomic E-state index is 13.7. The van der Waals surface area contributed by atoms with E-state index in [4.69, 9.17) is 14.5 Å². The van der Waals surface area contributed by atoms with Gasteiger partial charge in [0.05, 0.1) is 13.7 Å². The molecule has 1 aliphatic carbocycles. The molecule has 2 aliphatic rings. The van der Waals surface area contributed by atoms with Gasteiger partial charge in [0, 0.05) is 45.4 Å². The number of nitrogens with zero attached hydrogens (tertiary/aromatic N) is 2. The van der Waals surface area contributed by atoms with Gasteiger partial charge in [0.2, 0.25) is 0 Å². The second kappa shape index (κ2) is 10.2. The second-order valence-corrected chi connectivity index (χ2v) is 8.15. The lowest BCUT2D eigenvalue weighted by Crippen LogP contribution is -2.31. The molecular weight excluding hydrogens is 369 g/mol. The summed E-state index contributed by atoms with van der Waals surface area (Å²) in [5.41, 5.74) is 2.53.